The van der Waals surface area contributed by atoms with Crippen molar-refractivity contribution < 1.29 is 5.21 Å². The second kappa shape index (κ2) is 1.77. The molecule has 0 amide bonds. The first-order valence-corrected chi connectivity index (χ1v) is 2.25. The molecular weight excluding hydrogens is 122 g/mol. The van der Waals surface area contributed by atoms with Crippen molar-refractivity contribution in [3.05, 3.63) is 22.5 Å². The lowest BCUT2D eigenvalue weighted by Gasteiger charge is -1.91. The molecule has 0 saturated heterocycles. The van der Waals surface area contributed by atoms with Crippen molar-refractivity contribution in [2.24, 2.45) is 0 Å². The van der Waals surface area contributed by atoms with Gasteiger partial charge in [0.1, 0.15) is 5.82 Å². The minimum absolute atomic E-state index is 0.108. The Kier molecular flexibility index (Phi) is 1.11. The molecule has 0 fully saturated rings. The van der Waals surface area contributed by atoms with E-state index in [1.54, 1.807) is 0 Å². The molecule has 0 bridgehead atoms. The molecule has 5 nitrogen and oxygen atoms in total. The summed E-state index contributed by atoms with van der Waals surface area (Å²) < 4.78 is 0. The number of hydrogen-bond acceptors (Lipinski definition) is 4. The highest BCUT2D eigenvalue weighted by Gasteiger charge is 1.90. The molecule has 48 valence electrons. The summed E-state index contributed by atoms with van der Waals surface area (Å²) in [5.41, 5.74) is 4.50. The second-order valence-electron chi connectivity index (χ2n) is 1.49. The summed E-state index contributed by atoms with van der Waals surface area (Å²) >= 11 is 0. The standard InChI is InChI=1S/C4H5N3O2/c5-3-1-2-4(8)7(9)6-3/h1-2,9H,(H2,5,6). The van der Waals surface area contributed by atoms with E-state index in [-0.39, 0.29) is 10.7 Å². The molecule has 0 radical (unpaired) electrons. The Hall–Kier alpha value is -1.52. The van der Waals surface area contributed by atoms with E-state index in [2.05, 4.69) is 5.10 Å². The summed E-state index contributed by atoms with van der Waals surface area (Å²) in [6.07, 6.45) is 0. The van der Waals surface area contributed by atoms with Crippen LogP contribution in [-0.4, -0.2) is 15.2 Å². The van der Waals surface area contributed by atoms with E-state index >= 15 is 0 Å². The van der Waals surface area contributed by atoms with Crippen LogP contribution in [0.15, 0.2) is 16.9 Å². The number of nitrogens with two attached hydrogens (primary N) is 1. The van der Waals surface area contributed by atoms with E-state index in [0.29, 0.717) is 0 Å². The van der Waals surface area contributed by atoms with Crippen molar-refractivity contribution in [1.82, 2.24) is 9.94 Å². The average molecular weight is 127 g/mol. The van der Waals surface area contributed by atoms with Gasteiger partial charge >= 0.3 is 5.56 Å². The van der Waals surface area contributed by atoms with Gasteiger partial charge in [0.2, 0.25) is 0 Å². The Labute approximate surface area is 50.3 Å². The molecule has 0 aliphatic carbocycles. The summed E-state index contributed by atoms with van der Waals surface area (Å²) in [5, 5.41) is 11.7. The van der Waals surface area contributed by atoms with Crippen LogP contribution in [-0.2, 0) is 0 Å². The van der Waals surface area contributed by atoms with Crippen LogP contribution in [0.2, 0.25) is 0 Å². The highest BCUT2D eigenvalue weighted by molar-refractivity contribution is 5.23. The van der Waals surface area contributed by atoms with Crippen LogP contribution in [0.1, 0.15) is 0 Å². The van der Waals surface area contributed by atoms with E-state index in [1.165, 1.54) is 6.07 Å². The predicted molar refractivity (Wildman–Crippen MR) is 30.1 cm³/mol. The van der Waals surface area contributed by atoms with Crippen LogP contribution >= 0.6 is 0 Å². The normalized spacial score (nSPS) is 9.33. The third-order valence-corrected chi connectivity index (χ3v) is 0.804. The number of anilines is 1. The first-order valence-electron chi connectivity index (χ1n) is 2.25. The van der Waals surface area contributed by atoms with Gasteiger partial charge in [0, 0.05) is 6.07 Å². The highest BCUT2D eigenvalue weighted by Crippen LogP contribution is 1.85. The van der Waals surface area contributed by atoms with E-state index in [0.717, 1.165) is 6.07 Å². The number of rotatable bonds is 0. The molecular formula is C4H5N3O2. The van der Waals surface area contributed by atoms with Crippen LogP contribution in [0.3, 0.4) is 0 Å². The number of nitrogen functional groups attached to an aromatic ring is 1. The van der Waals surface area contributed by atoms with Gasteiger partial charge in [-0.2, -0.15) is 0 Å². The molecule has 1 rings (SSSR count). The van der Waals surface area contributed by atoms with Gasteiger partial charge in [0.25, 0.3) is 0 Å². The van der Waals surface area contributed by atoms with Gasteiger partial charge < -0.3 is 10.9 Å². The van der Waals surface area contributed by atoms with Crippen LogP contribution in [0.5, 0.6) is 0 Å². The van der Waals surface area contributed by atoms with Gasteiger partial charge in [-0.15, -0.1) is 5.10 Å². The fourth-order valence-corrected chi connectivity index (χ4v) is 0.415. The quantitative estimate of drug-likeness (QED) is 0.441. The van der Waals surface area contributed by atoms with Crippen molar-refractivity contribution in [1.29, 1.82) is 0 Å². The fraction of sp³-hybridized carbons (Fsp3) is 0. The largest absolute Gasteiger partial charge is 0.409 e. The first-order chi connectivity index (χ1) is 4.20. The minimum Gasteiger partial charge on any atom is -0.409 e. The number of hydrogen-bond donors (Lipinski definition) is 2. The summed E-state index contributed by atoms with van der Waals surface area (Å²) in [6, 6.07) is 2.44. The molecule has 0 aliphatic heterocycles. The molecule has 0 aliphatic rings. The molecule has 0 aromatic carbocycles. The molecule has 0 atom stereocenters. The third kappa shape index (κ3) is 0.987. The maximum atomic E-state index is 10.4. The molecule has 9 heavy (non-hydrogen) atoms. The summed E-state index contributed by atoms with van der Waals surface area (Å²) in [7, 11) is 0. The van der Waals surface area contributed by atoms with Crippen LogP contribution < -0.4 is 11.3 Å². The van der Waals surface area contributed by atoms with Crippen LogP contribution in [0.4, 0.5) is 5.82 Å². The third-order valence-electron chi connectivity index (χ3n) is 0.804. The molecule has 0 saturated carbocycles. The Bertz CT molecular complexity index is 267. The lowest BCUT2D eigenvalue weighted by molar-refractivity contribution is 0.135. The van der Waals surface area contributed by atoms with Gasteiger partial charge in [-0.25, -0.2) is 0 Å². The Morgan fingerprint density at radius 3 is 2.78 bits per heavy atom. The summed E-state index contributed by atoms with van der Waals surface area (Å²) in [6.45, 7) is 0. The Morgan fingerprint density at radius 1 is 1.67 bits per heavy atom. The minimum atomic E-state index is -0.593. The van der Waals surface area contributed by atoms with Gasteiger partial charge in [0.15, 0.2) is 0 Å². The van der Waals surface area contributed by atoms with Crippen molar-refractivity contribution in [2.75, 3.05) is 5.73 Å². The van der Waals surface area contributed by atoms with E-state index in [9.17, 15) is 4.79 Å². The van der Waals surface area contributed by atoms with Gasteiger partial charge in [0.05, 0.1) is 0 Å². The fourth-order valence-electron chi connectivity index (χ4n) is 0.415. The van der Waals surface area contributed by atoms with Crippen molar-refractivity contribution >= 4 is 5.82 Å². The maximum Gasteiger partial charge on any atom is 0.303 e. The summed E-state index contributed by atoms with van der Waals surface area (Å²) in [4.78, 5) is 10.6. The van der Waals surface area contributed by atoms with E-state index in [1.807, 2.05) is 0 Å². The molecule has 1 heterocycles. The number of aromatic nitrogens is 2. The van der Waals surface area contributed by atoms with Crippen molar-refractivity contribution in [3.63, 3.8) is 0 Å². The lowest BCUT2D eigenvalue weighted by Crippen LogP contribution is -2.19. The zero-order chi connectivity index (χ0) is 6.85. The van der Waals surface area contributed by atoms with E-state index < -0.39 is 5.56 Å². The molecule has 1 aromatic heterocycles. The average Bonchev–Trinajstić information content (AvgIpc) is 1.80. The van der Waals surface area contributed by atoms with Gasteiger partial charge in [-0.3, -0.25) is 4.79 Å². The van der Waals surface area contributed by atoms with Crippen molar-refractivity contribution in [2.45, 2.75) is 0 Å². The molecule has 0 spiro atoms. The highest BCUT2D eigenvalue weighted by atomic mass is 16.5. The number of nitrogens with zero attached hydrogens (tertiary/aromatic N) is 2. The van der Waals surface area contributed by atoms with Gasteiger partial charge in [-0.1, -0.05) is 4.85 Å². The Morgan fingerprint density at radius 2 is 2.33 bits per heavy atom. The van der Waals surface area contributed by atoms with Gasteiger partial charge in [-0.05, 0) is 6.07 Å². The molecule has 5 heteroatoms. The topological polar surface area (TPSA) is 81.1 Å². The van der Waals surface area contributed by atoms with E-state index in [4.69, 9.17) is 10.9 Å². The SMILES string of the molecule is Nc1ccc(=O)n(O)n1. The zero-order valence-corrected chi connectivity index (χ0v) is 4.48. The van der Waals surface area contributed by atoms with Crippen LogP contribution in [0.25, 0.3) is 0 Å². The van der Waals surface area contributed by atoms with Crippen LogP contribution in [0, 0.1) is 0 Å². The maximum absolute atomic E-state index is 10.4. The second-order valence-corrected chi connectivity index (χ2v) is 1.49. The van der Waals surface area contributed by atoms with Crippen molar-refractivity contribution in [3.8, 4) is 0 Å². The monoisotopic (exact) mass is 127 g/mol. The molecule has 3 N–H and O–H groups in total. The summed E-state index contributed by atoms with van der Waals surface area (Å²) in [5.74, 6) is 0.108. The zero-order valence-electron chi connectivity index (χ0n) is 4.48. The smallest absolute Gasteiger partial charge is 0.303 e. The Balaban J connectivity index is 3.34. The lowest BCUT2D eigenvalue weighted by atomic mass is 10.5. The molecule has 1 aromatic rings. The first kappa shape index (κ1) is 5.61. The predicted octanol–water partition coefficient (Wildman–Crippen LogP) is -0.937. The molecule has 0 unspecified atom stereocenters.